The molecule has 4 heterocycles. The van der Waals surface area contributed by atoms with Crippen molar-refractivity contribution >= 4 is 5.65 Å². The van der Waals surface area contributed by atoms with Gasteiger partial charge in [0.1, 0.15) is 35.0 Å². The molecule has 1 aliphatic rings. The van der Waals surface area contributed by atoms with Crippen LogP contribution in [0.4, 0.5) is 4.39 Å². The predicted molar refractivity (Wildman–Crippen MR) is 125 cm³/mol. The van der Waals surface area contributed by atoms with Crippen molar-refractivity contribution in [1.82, 2.24) is 29.3 Å². The SMILES string of the molecule is Cc1c(-c2cc(O[C@H](C)c3ccc(F)cc3)n3c(C#N)cnc3c2)nnn1C1CCN(C#N)CC1. The Morgan fingerprint density at radius 1 is 1.14 bits per heavy atom. The molecule has 0 amide bonds. The Hall–Kier alpha value is -4.44. The lowest BCUT2D eigenvalue weighted by Crippen LogP contribution is -2.31. The second-order valence-corrected chi connectivity index (χ2v) is 8.63. The molecule has 9 nitrogen and oxygen atoms in total. The normalized spacial score (nSPS) is 15.1. The third-order valence-electron chi connectivity index (χ3n) is 6.48. The highest BCUT2D eigenvalue weighted by atomic mass is 19.1. The lowest BCUT2D eigenvalue weighted by atomic mass is 10.0. The number of ether oxygens (including phenoxy) is 1. The van der Waals surface area contributed by atoms with Crippen LogP contribution in [0, 0.1) is 35.5 Å². The van der Waals surface area contributed by atoms with Crippen molar-refractivity contribution in [2.75, 3.05) is 13.1 Å². The zero-order chi connectivity index (χ0) is 24.5. The van der Waals surface area contributed by atoms with Gasteiger partial charge in [0.15, 0.2) is 6.19 Å². The molecule has 5 rings (SSSR count). The van der Waals surface area contributed by atoms with Crippen LogP contribution in [0.15, 0.2) is 42.6 Å². The molecule has 1 atom stereocenters. The number of piperidine rings is 1. The highest BCUT2D eigenvalue weighted by molar-refractivity contribution is 5.68. The lowest BCUT2D eigenvalue weighted by Gasteiger charge is -2.28. The molecule has 1 fully saturated rings. The Bertz CT molecular complexity index is 1450. The minimum atomic E-state index is -0.398. The monoisotopic (exact) mass is 470 g/mol. The number of nitrogens with zero attached hydrogens (tertiary/aromatic N) is 8. The molecule has 0 aliphatic carbocycles. The molecule has 35 heavy (non-hydrogen) atoms. The van der Waals surface area contributed by atoms with Gasteiger partial charge in [-0.3, -0.25) is 4.40 Å². The van der Waals surface area contributed by atoms with E-state index in [4.69, 9.17) is 10.00 Å². The van der Waals surface area contributed by atoms with E-state index in [1.165, 1.54) is 18.3 Å². The second-order valence-electron chi connectivity index (χ2n) is 8.63. The van der Waals surface area contributed by atoms with Gasteiger partial charge in [-0.2, -0.15) is 10.5 Å². The van der Waals surface area contributed by atoms with Crippen molar-refractivity contribution in [3.8, 4) is 29.4 Å². The second kappa shape index (κ2) is 9.07. The van der Waals surface area contributed by atoms with Gasteiger partial charge >= 0.3 is 0 Å². The number of rotatable bonds is 5. The number of fused-ring (bicyclic) bond motifs is 1. The third kappa shape index (κ3) is 4.15. The quantitative estimate of drug-likeness (QED) is 0.403. The fourth-order valence-electron chi connectivity index (χ4n) is 4.53. The Labute approximate surface area is 201 Å². The number of likely N-dealkylation sites (tertiary alicyclic amines) is 1. The van der Waals surface area contributed by atoms with Crippen LogP contribution in [0.5, 0.6) is 5.88 Å². The summed E-state index contributed by atoms with van der Waals surface area (Å²) in [5.41, 5.74) is 4.08. The Morgan fingerprint density at radius 2 is 1.89 bits per heavy atom. The molecule has 0 bridgehead atoms. The van der Waals surface area contributed by atoms with Crippen LogP contribution in [0.2, 0.25) is 0 Å². The van der Waals surface area contributed by atoms with Crippen molar-refractivity contribution in [3.63, 3.8) is 0 Å². The number of imidazole rings is 1. The van der Waals surface area contributed by atoms with Crippen molar-refractivity contribution in [2.24, 2.45) is 0 Å². The number of benzene rings is 1. The smallest absolute Gasteiger partial charge is 0.201 e. The number of hydrogen-bond donors (Lipinski definition) is 0. The largest absolute Gasteiger partial charge is 0.471 e. The summed E-state index contributed by atoms with van der Waals surface area (Å²) in [6.07, 6.45) is 4.96. The maximum atomic E-state index is 13.4. The van der Waals surface area contributed by atoms with Gasteiger partial charge in [-0.05, 0) is 50.5 Å². The highest BCUT2D eigenvalue weighted by Crippen LogP contribution is 2.32. The molecule has 4 aromatic rings. The van der Waals surface area contributed by atoms with Gasteiger partial charge in [0.25, 0.3) is 0 Å². The molecule has 3 aromatic heterocycles. The summed E-state index contributed by atoms with van der Waals surface area (Å²) in [6.45, 7) is 5.24. The topological polar surface area (TPSA) is 108 Å². The molecule has 0 unspecified atom stereocenters. The van der Waals surface area contributed by atoms with E-state index in [2.05, 4.69) is 27.6 Å². The first kappa shape index (κ1) is 22.4. The van der Waals surface area contributed by atoms with Crippen molar-refractivity contribution < 1.29 is 9.13 Å². The molecule has 0 N–H and O–H groups in total. The molecule has 0 saturated carbocycles. The van der Waals surface area contributed by atoms with Crippen LogP contribution in [-0.2, 0) is 0 Å². The molecule has 10 heteroatoms. The van der Waals surface area contributed by atoms with Gasteiger partial charge in [0.2, 0.25) is 5.88 Å². The first-order valence-electron chi connectivity index (χ1n) is 11.4. The van der Waals surface area contributed by atoms with Gasteiger partial charge in [-0.25, -0.2) is 14.1 Å². The third-order valence-corrected chi connectivity index (χ3v) is 6.48. The summed E-state index contributed by atoms with van der Waals surface area (Å²) >= 11 is 0. The van der Waals surface area contributed by atoms with Crippen molar-refractivity contribution in [2.45, 2.75) is 38.8 Å². The predicted octanol–water partition coefficient (Wildman–Crippen LogP) is 4.17. The van der Waals surface area contributed by atoms with Crippen LogP contribution < -0.4 is 4.74 Å². The molecule has 176 valence electrons. The van der Waals surface area contributed by atoms with Gasteiger partial charge in [-0.1, -0.05) is 17.3 Å². The Balaban J connectivity index is 1.51. The van der Waals surface area contributed by atoms with Gasteiger partial charge in [-0.15, -0.1) is 5.10 Å². The maximum Gasteiger partial charge on any atom is 0.201 e. The summed E-state index contributed by atoms with van der Waals surface area (Å²) in [6, 6.07) is 12.1. The summed E-state index contributed by atoms with van der Waals surface area (Å²) in [5.74, 6) is 0.114. The van der Waals surface area contributed by atoms with Crippen LogP contribution in [-0.4, -0.2) is 42.4 Å². The van der Waals surface area contributed by atoms with E-state index < -0.39 is 6.10 Å². The number of aromatic nitrogens is 5. The summed E-state index contributed by atoms with van der Waals surface area (Å²) in [7, 11) is 0. The molecule has 0 radical (unpaired) electrons. The van der Waals surface area contributed by atoms with Crippen molar-refractivity contribution in [1.29, 1.82) is 10.5 Å². The first-order valence-corrected chi connectivity index (χ1v) is 11.4. The molecule has 0 spiro atoms. The van der Waals surface area contributed by atoms with Gasteiger partial charge in [0.05, 0.1) is 17.9 Å². The summed E-state index contributed by atoms with van der Waals surface area (Å²) in [4.78, 5) is 6.15. The lowest BCUT2D eigenvalue weighted by molar-refractivity contribution is 0.214. The number of halogens is 1. The Morgan fingerprint density at radius 3 is 2.57 bits per heavy atom. The average Bonchev–Trinajstić information content (AvgIpc) is 3.47. The fourth-order valence-corrected chi connectivity index (χ4v) is 4.53. The van der Waals surface area contributed by atoms with E-state index >= 15 is 0 Å². The zero-order valence-electron chi connectivity index (χ0n) is 19.4. The minimum absolute atomic E-state index is 0.176. The Kier molecular flexibility index (Phi) is 5.79. The van der Waals surface area contributed by atoms with Crippen LogP contribution in [0.3, 0.4) is 0 Å². The standard InChI is InChI=1S/C25H23FN8O/c1-16-25(30-31-34(16)21-7-9-32(15-28)10-8-21)19-11-23-29-14-22(13-27)33(23)24(12-19)35-17(2)18-3-5-20(26)6-4-18/h3-6,11-12,14,17,21H,7-10H2,1-2H3/t17-/m1/s1. The first-order chi connectivity index (χ1) is 17.0. The zero-order valence-corrected chi connectivity index (χ0v) is 19.4. The molecule has 1 saturated heterocycles. The van der Waals surface area contributed by atoms with Gasteiger partial charge < -0.3 is 9.64 Å². The number of pyridine rings is 1. The van der Waals surface area contributed by atoms with Crippen molar-refractivity contribution in [3.05, 3.63) is 65.4 Å². The van der Waals surface area contributed by atoms with Gasteiger partial charge in [0, 0.05) is 24.7 Å². The fraction of sp³-hybridized carbons (Fsp3) is 0.320. The van der Waals surface area contributed by atoms with Crippen LogP contribution >= 0.6 is 0 Å². The summed E-state index contributed by atoms with van der Waals surface area (Å²) < 4.78 is 23.2. The van der Waals surface area contributed by atoms with E-state index in [0.29, 0.717) is 36.0 Å². The maximum absolute atomic E-state index is 13.4. The van der Waals surface area contributed by atoms with E-state index in [1.807, 2.05) is 30.7 Å². The van der Waals surface area contributed by atoms with E-state index in [0.717, 1.165) is 29.7 Å². The van der Waals surface area contributed by atoms with E-state index in [1.54, 1.807) is 21.4 Å². The molecule has 1 aromatic carbocycles. The van der Waals surface area contributed by atoms with E-state index in [9.17, 15) is 9.65 Å². The molecular formula is C25H23FN8O. The average molecular weight is 471 g/mol. The number of nitriles is 2. The minimum Gasteiger partial charge on any atom is -0.471 e. The van der Waals surface area contributed by atoms with E-state index in [-0.39, 0.29) is 11.9 Å². The van der Waals surface area contributed by atoms with Crippen LogP contribution in [0.1, 0.15) is 48.9 Å². The molecule has 1 aliphatic heterocycles. The number of hydrogen-bond acceptors (Lipinski definition) is 7. The highest BCUT2D eigenvalue weighted by Gasteiger charge is 2.24. The molecular weight excluding hydrogens is 447 g/mol. The summed E-state index contributed by atoms with van der Waals surface area (Å²) in [5, 5.41) is 27.6. The van der Waals surface area contributed by atoms with Crippen LogP contribution in [0.25, 0.3) is 16.9 Å².